The van der Waals surface area contributed by atoms with Gasteiger partial charge in [-0.15, -0.1) is 0 Å². The van der Waals surface area contributed by atoms with E-state index in [1.807, 2.05) is 19.1 Å². The van der Waals surface area contributed by atoms with Crippen LogP contribution in [0.4, 0.5) is 5.69 Å². The Morgan fingerprint density at radius 2 is 1.74 bits per heavy atom. The van der Waals surface area contributed by atoms with Crippen LogP contribution in [0.1, 0.15) is 31.4 Å². The van der Waals surface area contributed by atoms with Crippen LogP contribution in [0.25, 0.3) is 0 Å². The quantitative estimate of drug-likeness (QED) is 0.820. The molecule has 0 aliphatic rings. The Kier molecular flexibility index (Phi) is 12.5. The number of nitrogens with one attached hydrogen (secondary N) is 1. The third-order valence-electron chi connectivity index (χ3n) is 2.99. The van der Waals surface area contributed by atoms with Gasteiger partial charge in [0.1, 0.15) is 11.8 Å². The van der Waals surface area contributed by atoms with Crippen molar-refractivity contribution >= 4 is 23.2 Å². The van der Waals surface area contributed by atoms with Gasteiger partial charge in [-0.25, -0.2) is 0 Å². The zero-order chi connectivity index (χ0) is 20.7. The number of aliphatic hydroxyl groups is 1. The van der Waals surface area contributed by atoms with Gasteiger partial charge < -0.3 is 15.2 Å². The molecular formula is C20H22ClN3O3. The topological polar surface area (TPSA) is 106 Å². The number of carbonyl (C=O) groups excluding carboxylic acids is 1. The summed E-state index contributed by atoms with van der Waals surface area (Å²) in [4.78, 5) is 11.0. The van der Waals surface area contributed by atoms with Crippen LogP contribution < -0.4 is 10.1 Å². The molecular weight excluding hydrogens is 366 g/mol. The summed E-state index contributed by atoms with van der Waals surface area (Å²) >= 11 is 5.78. The molecule has 7 heteroatoms. The summed E-state index contributed by atoms with van der Waals surface area (Å²) in [5, 5.41) is 27.1. The van der Waals surface area contributed by atoms with Crippen molar-refractivity contribution in [2.75, 3.05) is 19.0 Å². The minimum absolute atomic E-state index is 0.0780. The number of aliphatic hydroxyl groups excluding tert-OH is 1. The molecule has 0 radical (unpaired) electrons. The Labute approximate surface area is 164 Å². The Bertz CT molecular complexity index is 794. The predicted molar refractivity (Wildman–Crippen MR) is 106 cm³/mol. The molecule has 2 aromatic rings. The molecule has 0 unspecified atom stereocenters. The molecule has 0 saturated carbocycles. The number of hydrogen-bond acceptors (Lipinski definition) is 5. The summed E-state index contributed by atoms with van der Waals surface area (Å²) in [6.07, 6.45) is 0.414. The largest absolute Gasteiger partial charge is 0.494 e. The molecule has 0 aliphatic heterocycles. The van der Waals surface area contributed by atoms with Crippen LogP contribution in [0.2, 0.25) is 5.02 Å². The minimum atomic E-state index is -0.0780. The lowest BCUT2D eigenvalue weighted by atomic mass is 10.2. The fourth-order valence-electron chi connectivity index (χ4n) is 1.73. The number of nitrogens with zero attached hydrogens (tertiary/aromatic N) is 2. The van der Waals surface area contributed by atoms with Crippen molar-refractivity contribution in [2.24, 2.45) is 0 Å². The third kappa shape index (κ3) is 9.27. The summed E-state index contributed by atoms with van der Waals surface area (Å²) in [7, 11) is 1.00. The van der Waals surface area contributed by atoms with E-state index in [4.69, 9.17) is 32.0 Å². The van der Waals surface area contributed by atoms with Crippen LogP contribution >= 0.6 is 11.6 Å². The third-order valence-corrected chi connectivity index (χ3v) is 3.30. The van der Waals surface area contributed by atoms with Gasteiger partial charge in [-0.3, -0.25) is 4.79 Å². The highest BCUT2D eigenvalue weighted by Gasteiger charge is 2.02. The number of rotatable bonds is 4. The van der Waals surface area contributed by atoms with Crippen molar-refractivity contribution < 1.29 is 14.6 Å². The Morgan fingerprint density at radius 1 is 1.11 bits per heavy atom. The first-order valence-electron chi connectivity index (χ1n) is 8.11. The molecule has 0 fully saturated rings. The lowest BCUT2D eigenvalue weighted by Crippen LogP contribution is -2.09. The maximum atomic E-state index is 11.0. The molecule has 142 valence electrons. The summed E-state index contributed by atoms with van der Waals surface area (Å²) in [5.41, 5.74) is 1.68. The molecule has 2 aromatic carbocycles. The first-order chi connectivity index (χ1) is 13.0. The lowest BCUT2D eigenvalue weighted by Gasteiger charge is -2.03. The van der Waals surface area contributed by atoms with Crippen molar-refractivity contribution in [3.63, 3.8) is 0 Å². The number of nitriles is 2. The number of carbonyl (C=O) groups is 1. The van der Waals surface area contributed by atoms with Gasteiger partial charge in [0, 0.05) is 19.2 Å². The smallest absolute Gasteiger partial charge is 0.224 e. The lowest BCUT2D eigenvalue weighted by molar-refractivity contribution is -0.115. The van der Waals surface area contributed by atoms with Crippen LogP contribution in [0, 0.1) is 22.7 Å². The van der Waals surface area contributed by atoms with Crippen LogP contribution in [-0.4, -0.2) is 24.7 Å². The standard InChI is InChI=1S/C10H9ClN2O.C9H9NO.CH4O/c1-2-10(14)13-8-4-3-7(6-12)9(11)5-8;1-2-11-9-5-3-8(7-10)4-6-9;1-2/h3-5H,2H2,1H3,(H,13,14);3-6H,2H2,1H3;2H,1H3. The zero-order valence-corrected chi connectivity index (χ0v) is 16.2. The number of amides is 1. The molecule has 0 spiro atoms. The van der Waals surface area contributed by atoms with E-state index >= 15 is 0 Å². The average Bonchev–Trinajstić information content (AvgIpc) is 2.71. The van der Waals surface area contributed by atoms with Crippen molar-refractivity contribution in [3.8, 4) is 17.9 Å². The van der Waals surface area contributed by atoms with Gasteiger partial charge >= 0.3 is 0 Å². The van der Waals surface area contributed by atoms with Crippen molar-refractivity contribution in [1.29, 1.82) is 10.5 Å². The summed E-state index contributed by atoms with van der Waals surface area (Å²) in [5.74, 6) is 0.734. The van der Waals surface area contributed by atoms with Gasteiger partial charge in [-0.05, 0) is 49.4 Å². The summed E-state index contributed by atoms with van der Waals surface area (Å²) in [6.45, 7) is 4.35. The van der Waals surface area contributed by atoms with E-state index in [1.54, 1.807) is 49.4 Å². The zero-order valence-electron chi connectivity index (χ0n) is 15.5. The van der Waals surface area contributed by atoms with E-state index in [0.29, 0.717) is 34.9 Å². The molecule has 0 aliphatic carbocycles. The normalized spacial score (nSPS) is 8.56. The number of ether oxygens (including phenoxy) is 1. The second-order valence-electron chi connectivity index (χ2n) is 4.78. The summed E-state index contributed by atoms with van der Waals surface area (Å²) in [6, 6.07) is 15.8. The van der Waals surface area contributed by atoms with Crippen molar-refractivity contribution in [1.82, 2.24) is 0 Å². The van der Waals surface area contributed by atoms with Crippen LogP contribution in [-0.2, 0) is 4.79 Å². The molecule has 2 rings (SSSR count). The highest BCUT2D eigenvalue weighted by Crippen LogP contribution is 2.20. The number of hydrogen-bond donors (Lipinski definition) is 2. The fraction of sp³-hybridized carbons (Fsp3) is 0.250. The predicted octanol–water partition coefficient (Wildman–Crippen LogP) is 4.13. The molecule has 0 saturated heterocycles. The van der Waals surface area contributed by atoms with Gasteiger partial charge in [-0.1, -0.05) is 18.5 Å². The first-order valence-corrected chi connectivity index (χ1v) is 8.49. The van der Waals surface area contributed by atoms with Gasteiger partial charge in [-0.2, -0.15) is 10.5 Å². The highest BCUT2D eigenvalue weighted by atomic mass is 35.5. The SMILES string of the molecule is CCC(=O)Nc1ccc(C#N)c(Cl)c1.CCOc1ccc(C#N)cc1.CO. The molecule has 27 heavy (non-hydrogen) atoms. The second-order valence-corrected chi connectivity index (χ2v) is 5.18. The molecule has 6 nitrogen and oxygen atoms in total. The van der Waals surface area contributed by atoms with E-state index in [-0.39, 0.29) is 5.91 Å². The van der Waals surface area contributed by atoms with Crippen LogP contribution in [0.5, 0.6) is 5.75 Å². The highest BCUT2D eigenvalue weighted by molar-refractivity contribution is 6.32. The fourth-order valence-corrected chi connectivity index (χ4v) is 1.95. The number of benzene rings is 2. The Hall–Kier alpha value is -3.06. The van der Waals surface area contributed by atoms with Crippen molar-refractivity contribution in [2.45, 2.75) is 20.3 Å². The maximum Gasteiger partial charge on any atom is 0.224 e. The van der Waals surface area contributed by atoms with E-state index < -0.39 is 0 Å². The van der Waals surface area contributed by atoms with Crippen LogP contribution in [0.15, 0.2) is 42.5 Å². The Balaban J connectivity index is 0.000000469. The maximum absolute atomic E-state index is 11.0. The number of halogens is 1. The molecule has 0 bridgehead atoms. The molecule has 0 aromatic heterocycles. The molecule has 0 heterocycles. The van der Waals surface area contributed by atoms with Gasteiger partial charge in [0.05, 0.1) is 28.8 Å². The van der Waals surface area contributed by atoms with E-state index in [9.17, 15) is 4.79 Å². The van der Waals surface area contributed by atoms with Crippen molar-refractivity contribution in [3.05, 3.63) is 58.6 Å². The monoisotopic (exact) mass is 387 g/mol. The average molecular weight is 388 g/mol. The molecule has 1 amide bonds. The minimum Gasteiger partial charge on any atom is -0.494 e. The van der Waals surface area contributed by atoms with Crippen LogP contribution in [0.3, 0.4) is 0 Å². The molecule has 2 N–H and O–H groups in total. The van der Waals surface area contributed by atoms with Gasteiger partial charge in [0.2, 0.25) is 5.91 Å². The van der Waals surface area contributed by atoms with E-state index in [0.717, 1.165) is 12.9 Å². The Morgan fingerprint density at radius 3 is 2.19 bits per heavy atom. The number of anilines is 1. The second kappa shape index (κ2) is 14.1. The van der Waals surface area contributed by atoms with Gasteiger partial charge in [0.25, 0.3) is 0 Å². The molecule has 0 atom stereocenters. The van der Waals surface area contributed by atoms with Gasteiger partial charge in [0.15, 0.2) is 0 Å². The summed E-state index contributed by atoms with van der Waals surface area (Å²) < 4.78 is 5.20. The van der Waals surface area contributed by atoms with E-state index in [1.165, 1.54) is 0 Å². The van der Waals surface area contributed by atoms with E-state index in [2.05, 4.69) is 5.32 Å². The first kappa shape index (κ1) is 23.9.